The van der Waals surface area contributed by atoms with E-state index in [1.807, 2.05) is 25.1 Å². The van der Waals surface area contributed by atoms with Gasteiger partial charge in [-0.15, -0.1) is 0 Å². The normalized spacial score (nSPS) is 16.8. The van der Waals surface area contributed by atoms with Crippen LogP contribution in [-0.4, -0.2) is 28.5 Å². The average Bonchev–Trinajstić information content (AvgIpc) is 2.75. The Morgan fingerprint density at radius 1 is 1.19 bits per heavy atom. The molecule has 7 heteroatoms. The molecule has 0 bridgehead atoms. The molecule has 164 valence electrons. The molecule has 3 aromatic rings. The first-order valence-corrected chi connectivity index (χ1v) is 11.8. The number of benzene rings is 2. The highest BCUT2D eigenvalue weighted by molar-refractivity contribution is 7.82. The lowest BCUT2D eigenvalue weighted by Crippen LogP contribution is -2.26. The topological polar surface area (TPSA) is 86.5 Å². The van der Waals surface area contributed by atoms with Crippen molar-refractivity contribution in [1.82, 2.24) is 4.98 Å². The first-order valence-electron chi connectivity index (χ1n) is 10.6. The first kappa shape index (κ1) is 21.7. The summed E-state index contributed by atoms with van der Waals surface area (Å²) < 4.78 is 23.7. The van der Waals surface area contributed by atoms with E-state index in [9.17, 15) is 4.21 Å². The number of hydrogen-bond acceptors (Lipinski definition) is 5. The number of rotatable bonds is 6. The second-order valence-corrected chi connectivity index (χ2v) is 9.12. The summed E-state index contributed by atoms with van der Waals surface area (Å²) in [5.74, 6) is 0.820. The quantitative estimate of drug-likeness (QED) is 0.588. The van der Waals surface area contributed by atoms with E-state index in [0.29, 0.717) is 4.90 Å². The van der Waals surface area contributed by atoms with E-state index in [4.69, 9.17) is 19.6 Å². The van der Waals surface area contributed by atoms with E-state index < -0.39 is 11.0 Å². The Morgan fingerprint density at radius 2 is 1.94 bits per heavy atom. The predicted octanol–water partition coefficient (Wildman–Crippen LogP) is 4.56. The molecule has 3 N–H and O–H groups in total. The average molecular weight is 440 g/mol. The maximum absolute atomic E-state index is 11.9. The largest absolute Gasteiger partial charge is 0.488 e. The van der Waals surface area contributed by atoms with E-state index in [-0.39, 0.29) is 12.1 Å². The lowest BCUT2D eigenvalue weighted by molar-refractivity contribution is 0.0252. The predicted molar refractivity (Wildman–Crippen MR) is 125 cm³/mol. The molecule has 0 aliphatic carbocycles. The molecule has 0 radical (unpaired) electrons. The Hall–Kier alpha value is -2.48. The van der Waals surface area contributed by atoms with Crippen LogP contribution in [0.15, 0.2) is 47.4 Å². The van der Waals surface area contributed by atoms with Crippen molar-refractivity contribution < 1.29 is 13.7 Å². The Morgan fingerprint density at radius 3 is 2.68 bits per heavy atom. The number of pyridine rings is 1. The Balaban J connectivity index is 1.71. The number of anilines is 1. The number of nitrogens with one attached hydrogen (secondary N) is 1. The maximum Gasteiger partial charge on any atom is 0.141 e. The molecule has 31 heavy (non-hydrogen) atoms. The zero-order valence-electron chi connectivity index (χ0n) is 18.2. The van der Waals surface area contributed by atoms with Gasteiger partial charge in [0.15, 0.2) is 0 Å². The number of nitrogens with two attached hydrogens (primary N) is 1. The molecule has 2 unspecified atom stereocenters. The van der Waals surface area contributed by atoms with Crippen molar-refractivity contribution in [2.45, 2.75) is 50.7 Å². The maximum atomic E-state index is 11.9. The van der Waals surface area contributed by atoms with E-state index in [1.165, 1.54) is 0 Å². The third-order valence-corrected chi connectivity index (χ3v) is 6.45. The number of ether oxygens (including phenoxy) is 2. The van der Waals surface area contributed by atoms with Crippen LogP contribution >= 0.6 is 0 Å². The number of nitrogens with zero attached hydrogens (tertiary/aromatic N) is 1. The number of para-hydroxylation sites is 1. The summed E-state index contributed by atoms with van der Waals surface area (Å²) in [7, 11) is -1.56. The van der Waals surface area contributed by atoms with Gasteiger partial charge in [0, 0.05) is 24.3 Å². The summed E-state index contributed by atoms with van der Waals surface area (Å²) in [6.45, 7) is 7.62. The number of aryl methyl sites for hydroxylation is 2. The molecule has 2 atom stereocenters. The Bertz CT molecular complexity index is 1110. The number of hydrogen-bond donors (Lipinski definition) is 2. The molecule has 2 heterocycles. The second kappa shape index (κ2) is 9.34. The highest BCUT2D eigenvalue weighted by atomic mass is 32.2. The van der Waals surface area contributed by atoms with Crippen molar-refractivity contribution in [1.29, 1.82) is 0 Å². The minimum atomic E-state index is -1.56. The van der Waals surface area contributed by atoms with Gasteiger partial charge in [-0.25, -0.2) is 14.3 Å². The number of fused-ring (bicyclic) bond motifs is 1. The van der Waals surface area contributed by atoms with Crippen molar-refractivity contribution in [3.63, 3.8) is 0 Å². The van der Waals surface area contributed by atoms with E-state index >= 15 is 0 Å². The molecular formula is C24H29N3O3S. The van der Waals surface area contributed by atoms with Crippen molar-refractivity contribution in [3.05, 3.63) is 59.3 Å². The van der Waals surface area contributed by atoms with Crippen LogP contribution in [0.4, 0.5) is 5.69 Å². The van der Waals surface area contributed by atoms with Crippen LogP contribution in [0.1, 0.15) is 42.6 Å². The van der Waals surface area contributed by atoms with Crippen molar-refractivity contribution in [3.8, 4) is 5.75 Å². The molecule has 1 aliphatic heterocycles. The minimum absolute atomic E-state index is 0.0486. The molecule has 1 saturated heterocycles. The van der Waals surface area contributed by atoms with E-state index in [0.717, 1.165) is 65.2 Å². The van der Waals surface area contributed by atoms with E-state index in [1.54, 1.807) is 6.07 Å². The highest BCUT2D eigenvalue weighted by Gasteiger charge is 2.19. The van der Waals surface area contributed by atoms with Crippen LogP contribution in [0.5, 0.6) is 5.75 Å². The van der Waals surface area contributed by atoms with Crippen LogP contribution in [0.25, 0.3) is 10.9 Å². The van der Waals surface area contributed by atoms with Gasteiger partial charge >= 0.3 is 0 Å². The molecule has 1 fully saturated rings. The minimum Gasteiger partial charge on any atom is -0.488 e. The van der Waals surface area contributed by atoms with Crippen LogP contribution in [0.2, 0.25) is 0 Å². The summed E-state index contributed by atoms with van der Waals surface area (Å²) in [5.41, 5.74) is 4.84. The molecule has 4 rings (SSSR count). The van der Waals surface area contributed by atoms with Crippen LogP contribution < -0.4 is 15.2 Å². The SMILES string of the molecule is Cc1cc(C(C)Nc2ccccc2S(N)=O)c2cc(OC3CCOCC3)c(C)nc2c1. The molecule has 0 spiro atoms. The molecule has 0 amide bonds. The highest BCUT2D eigenvalue weighted by Crippen LogP contribution is 2.33. The monoisotopic (exact) mass is 439 g/mol. The Kier molecular flexibility index (Phi) is 6.55. The van der Waals surface area contributed by atoms with Gasteiger partial charge < -0.3 is 14.8 Å². The van der Waals surface area contributed by atoms with E-state index in [2.05, 4.69) is 37.4 Å². The van der Waals surface area contributed by atoms with Gasteiger partial charge in [-0.3, -0.25) is 0 Å². The first-order chi connectivity index (χ1) is 14.9. The summed E-state index contributed by atoms with van der Waals surface area (Å²) in [5, 5.41) is 10.2. The molecular weight excluding hydrogens is 410 g/mol. The second-order valence-electron chi connectivity index (χ2n) is 8.08. The lowest BCUT2D eigenvalue weighted by Gasteiger charge is -2.25. The smallest absolute Gasteiger partial charge is 0.141 e. The third-order valence-electron chi connectivity index (χ3n) is 5.66. The van der Waals surface area contributed by atoms with Crippen LogP contribution in [-0.2, 0) is 15.7 Å². The van der Waals surface area contributed by atoms with Gasteiger partial charge in [0.05, 0.1) is 35.0 Å². The fraction of sp³-hybridized carbons (Fsp3) is 0.375. The number of aromatic nitrogens is 1. The van der Waals surface area contributed by atoms with Crippen molar-refractivity contribution >= 4 is 27.6 Å². The Labute approximate surface area is 185 Å². The zero-order valence-corrected chi connectivity index (χ0v) is 19.0. The zero-order chi connectivity index (χ0) is 22.0. The van der Waals surface area contributed by atoms with Gasteiger partial charge in [-0.05, 0) is 56.2 Å². The van der Waals surface area contributed by atoms with Gasteiger partial charge in [0.2, 0.25) is 0 Å². The van der Waals surface area contributed by atoms with Gasteiger partial charge in [-0.2, -0.15) is 0 Å². The molecule has 1 aliphatic rings. The third kappa shape index (κ3) is 4.89. The molecule has 1 aromatic heterocycles. The standard InChI is InChI=1S/C24H29N3O3S/c1-15-12-19(16(2)26-21-6-4-5-7-24(21)31(25)28)20-14-23(17(3)27-22(20)13-15)30-18-8-10-29-11-9-18/h4-7,12-14,16,18,26H,8-11,25H2,1-3H3. The lowest BCUT2D eigenvalue weighted by atomic mass is 9.98. The fourth-order valence-electron chi connectivity index (χ4n) is 4.05. The van der Waals surface area contributed by atoms with Crippen molar-refractivity contribution in [2.75, 3.05) is 18.5 Å². The summed E-state index contributed by atoms with van der Waals surface area (Å²) in [6, 6.07) is 13.7. The molecule has 0 saturated carbocycles. The van der Waals surface area contributed by atoms with Crippen LogP contribution in [0, 0.1) is 13.8 Å². The summed E-state index contributed by atoms with van der Waals surface area (Å²) >= 11 is 0. The van der Waals surface area contributed by atoms with Crippen molar-refractivity contribution in [2.24, 2.45) is 5.14 Å². The summed E-state index contributed by atoms with van der Waals surface area (Å²) in [4.78, 5) is 5.43. The van der Waals surface area contributed by atoms with Crippen LogP contribution in [0.3, 0.4) is 0 Å². The molecule has 2 aromatic carbocycles. The summed E-state index contributed by atoms with van der Waals surface area (Å²) in [6.07, 6.45) is 1.94. The molecule has 6 nitrogen and oxygen atoms in total. The fourth-order valence-corrected chi connectivity index (χ4v) is 4.61. The van der Waals surface area contributed by atoms with Gasteiger partial charge in [0.1, 0.15) is 22.8 Å². The van der Waals surface area contributed by atoms with Gasteiger partial charge in [-0.1, -0.05) is 18.2 Å². The van der Waals surface area contributed by atoms with Gasteiger partial charge in [0.25, 0.3) is 0 Å².